The van der Waals surface area contributed by atoms with Crippen LogP contribution in [-0.2, 0) is 10.0 Å². The number of benzene rings is 1. The highest BCUT2D eigenvalue weighted by Crippen LogP contribution is 2.28. The number of H-pyrrole nitrogens is 1. The molecular weight excluding hydrogens is 296 g/mol. The third-order valence-electron chi connectivity index (χ3n) is 2.18. The molecule has 100 valence electrons. The van der Waals surface area contributed by atoms with Gasteiger partial charge in [-0.3, -0.25) is 19.9 Å². The predicted octanol–water partition coefficient (Wildman–Crippen LogP) is 1.77. The summed E-state index contributed by atoms with van der Waals surface area (Å²) >= 11 is 5.63. The van der Waals surface area contributed by atoms with Crippen LogP contribution in [0.2, 0.25) is 5.02 Å². The number of nitro benzene ring substituents is 1. The number of anilines is 1. The average molecular weight is 303 g/mol. The van der Waals surface area contributed by atoms with Crippen molar-refractivity contribution in [1.29, 1.82) is 0 Å². The first kappa shape index (κ1) is 13.3. The Kier molecular flexibility index (Phi) is 3.40. The largest absolute Gasteiger partial charge is 0.289 e. The maximum absolute atomic E-state index is 11.9. The molecule has 0 amide bonds. The van der Waals surface area contributed by atoms with Crippen LogP contribution in [0.4, 0.5) is 11.4 Å². The van der Waals surface area contributed by atoms with E-state index in [2.05, 4.69) is 14.9 Å². The number of nitro groups is 1. The summed E-state index contributed by atoms with van der Waals surface area (Å²) in [5.41, 5.74) is -0.341. The number of hydrogen-bond acceptors (Lipinski definition) is 5. The van der Waals surface area contributed by atoms with Crippen LogP contribution in [0.3, 0.4) is 0 Å². The van der Waals surface area contributed by atoms with Crippen molar-refractivity contribution in [3.63, 3.8) is 0 Å². The first-order valence-corrected chi connectivity index (χ1v) is 6.72. The van der Waals surface area contributed by atoms with E-state index >= 15 is 0 Å². The van der Waals surface area contributed by atoms with Gasteiger partial charge in [-0.2, -0.15) is 5.10 Å². The highest BCUT2D eigenvalue weighted by Gasteiger charge is 2.18. The summed E-state index contributed by atoms with van der Waals surface area (Å²) in [7, 11) is -3.83. The second-order valence-corrected chi connectivity index (χ2v) is 5.55. The van der Waals surface area contributed by atoms with Gasteiger partial charge in [0, 0.05) is 12.3 Å². The van der Waals surface area contributed by atoms with Crippen LogP contribution >= 0.6 is 11.6 Å². The number of nitrogens with one attached hydrogen (secondary N) is 2. The van der Waals surface area contributed by atoms with Gasteiger partial charge in [0.25, 0.3) is 15.7 Å². The van der Waals surface area contributed by atoms with Crippen molar-refractivity contribution in [2.75, 3.05) is 4.72 Å². The maximum Gasteiger partial charge on any atom is 0.289 e. The molecule has 0 aliphatic rings. The van der Waals surface area contributed by atoms with Crippen molar-refractivity contribution in [2.24, 2.45) is 0 Å². The van der Waals surface area contributed by atoms with Gasteiger partial charge in [0.1, 0.15) is 9.92 Å². The van der Waals surface area contributed by atoms with E-state index in [-0.39, 0.29) is 21.3 Å². The van der Waals surface area contributed by atoms with Crippen LogP contribution in [0.15, 0.2) is 35.5 Å². The molecule has 10 heteroatoms. The highest BCUT2D eigenvalue weighted by molar-refractivity contribution is 7.92. The van der Waals surface area contributed by atoms with Gasteiger partial charge in [0.15, 0.2) is 0 Å². The van der Waals surface area contributed by atoms with E-state index < -0.39 is 14.9 Å². The minimum atomic E-state index is -3.83. The Morgan fingerprint density at radius 1 is 1.42 bits per heavy atom. The fourth-order valence-corrected chi connectivity index (χ4v) is 2.46. The Hall–Kier alpha value is -2.13. The molecule has 0 atom stereocenters. The molecule has 19 heavy (non-hydrogen) atoms. The van der Waals surface area contributed by atoms with E-state index in [0.717, 1.165) is 12.3 Å². The van der Waals surface area contributed by atoms with Crippen molar-refractivity contribution in [3.05, 3.63) is 45.7 Å². The quantitative estimate of drug-likeness (QED) is 0.659. The van der Waals surface area contributed by atoms with Crippen LogP contribution in [0.1, 0.15) is 0 Å². The lowest BCUT2D eigenvalue weighted by atomic mass is 10.3. The van der Waals surface area contributed by atoms with E-state index in [9.17, 15) is 18.5 Å². The Morgan fingerprint density at radius 3 is 2.74 bits per heavy atom. The average Bonchev–Trinajstić information content (AvgIpc) is 2.85. The van der Waals surface area contributed by atoms with Crippen molar-refractivity contribution in [2.45, 2.75) is 4.90 Å². The van der Waals surface area contributed by atoms with Gasteiger partial charge in [-0.15, -0.1) is 0 Å². The van der Waals surface area contributed by atoms with E-state index in [1.54, 1.807) is 0 Å². The van der Waals surface area contributed by atoms with Gasteiger partial charge in [-0.1, -0.05) is 11.6 Å². The summed E-state index contributed by atoms with van der Waals surface area (Å²) in [6, 6.07) is 3.61. The second kappa shape index (κ2) is 4.86. The summed E-state index contributed by atoms with van der Waals surface area (Å²) in [4.78, 5) is 9.92. The molecule has 0 saturated carbocycles. The van der Waals surface area contributed by atoms with E-state index in [0.29, 0.717) is 0 Å². The molecule has 0 fully saturated rings. The van der Waals surface area contributed by atoms with E-state index in [1.165, 1.54) is 18.3 Å². The molecule has 0 saturated heterocycles. The van der Waals surface area contributed by atoms with Crippen LogP contribution in [-0.4, -0.2) is 23.5 Å². The number of aromatic nitrogens is 2. The van der Waals surface area contributed by atoms with Gasteiger partial charge in [-0.05, 0) is 12.1 Å². The second-order valence-electron chi connectivity index (χ2n) is 3.46. The minimum absolute atomic E-state index is 0.0392. The van der Waals surface area contributed by atoms with Gasteiger partial charge < -0.3 is 0 Å². The molecule has 2 aromatic rings. The number of halogens is 1. The molecule has 8 nitrogen and oxygen atoms in total. The number of sulfonamides is 1. The summed E-state index contributed by atoms with van der Waals surface area (Å²) in [6.45, 7) is 0. The molecule has 0 radical (unpaired) electrons. The zero-order valence-electron chi connectivity index (χ0n) is 9.20. The third kappa shape index (κ3) is 2.83. The number of hydrogen-bond donors (Lipinski definition) is 2. The molecule has 2 N–H and O–H groups in total. The molecule has 1 heterocycles. The van der Waals surface area contributed by atoms with Gasteiger partial charge in [0.2, 0.25) is 0 Å². The normalized spacial score (nSPS) is 11.2. The Bertz CT molecular complexity index is 714. The monoisotopic (exact) mass is 302 g/mol. The minimum Gasteiger partial charge on any atom is -0.284 e. The Labute approximate surface area is 112 Å². The molecule has 1 aromatic heterocycles. The first-order valence-electron chi connectivity index (χ1n) is 4.86. The molecule has 1 aromatic carbocycles. The summed E-state index contributed by atoms with van der Waals surface area (Å²) < 4.78 is 25.9. The van der Waals surface area contributed by atoms with Gasteiger partial charge >= 0.3 is 0 Å². The summed E-state index contributed by atoms with van der Waals surface area (Å²) in [5, 5.41) is 16.5. The van der Waals surface area contributed by atoms with Crippen LogP contribution in [0, 0.1) is 10.1 Å². The molecule has 0 unspecified atom stereocenters. The standard InChI is InChI=1S/C9H7ClN4O4S/c10-8-2-1-6(3-9(8)14(15)16)13-19(17,18)7-4-11-12-5-7/h1-5,13H,(H,11,12). The number of rotatable bonds is 4. The van der Waals surface area contributed by atoms with Crippen molar-refractivity contribution >= 4 is 33.0 Å². The van der Waals surface area contributed by atoms with Crippen LogP contribution < -0.4 is 4.72 Å². The van der Waals surface area contributed by atoms with Crippen molar-refractivity contribution in [1.82, 2.24) is 10.2 Å². The zero-order valence-corrected chi connectivity index (χ0v) is 10.8. The molecule has 0 bridgehead atoms. The Balaban J connectivity index is 2.35. The van der Waals surface area contributed by atoms with Gasteiger partial charge in [0.05, 0.1) is 16.8 Å². The lowest BCUT2D eigenvalue weighted by Gasteiger charge is -2.06. The first-order chi connectivity index (χ1) is 8.90. The topological polar surface area (TPSA) is 118 Å². The molecule has 0 spiro atoms. The maximum atomic E-state index is 11.9. The molecule has 0 aliphatic heterocycles. The van der Waals surface area contributed by atoms with Crippen molar-refractivity contribution < 1.29 is 13.3 Å². The number of aromatic amines is 1. The highest BCUT2D eigenvalue weighted by atomic mass is 35.5. The summed E-state index contributed by atoms with van der Waals surface area (Å²) in [6.07, 6.45) is 2.30. The fourth-order valence-electron chi connectivity index (χ4n) is 1.32. The Morgan fingerprint density at radius 2 is 2.16 bits per heavy atom. The van der Waals surface area contributed by atoms with Crippen LogP contribution in [0.5, 0.6) is 0 Å². The van der Waals surface area contributed by atoms with Gasteiger partial charge in [-0.25, -0.2) is 8.42 Å². The smallest absolute Gasteiger partial charge is 0.284 e. The zero-order chi connectivity index (χ0) is 14.0. The van der Waals surface area contributed by atoms with Crippen LogP contribution in [0.25, 0.3) is 0 Å². The third-order valence-corrected chi connectivity index (χ3v) is 3.85. The van der Waals surface area contributed by atoms with E-state index in [4.69, 9.17) is 11.6 Å². The SMILES string of the molecule is O=[N+]([O-])c1cc(NS(=O)(=O)c2cn[nH]c2)ccc1Cl. The molecular formula is C9H7ClN4O4S. The number of nitrogens with zero attached hydrogens (tertiary/aromatic N) is 2. The summed E-state index contributed by atoms with van der Waals surface area (Å²) in [5.74, 6) is 0. The van der Waals surface area contributed by atoms with Crippen molar-refractivity contribution in [3.8, 4) is 0 Å². The van der Waals surface area contributed by atoms with E-state index in [1.807, 2.05) is 0 Å². The molecule has 2 rings (SSSR count). The fraction of sp³-hybridized carbons (Fsp3) is 0. The molecule has 0 aliphatic carbocycles. The predicted molar refractivity (Wildman–Crippen MR) is 67.5 cm³/mol. The lowest BCUT2D eigenvalue weighted by Crippen LogP contribution is -2.12. The lowest BCUT2D eigenvalue weighted by molar-refractivity contribution is -0.384.